The molecular formula is C20H28N2O4. The molecule has 1 aromatic rings. The van der Waals surface area contributed by atoms with Crippen LogP contribution < -0.4 is 5.32 Å². The highest BCUT2D eigenvalue weighted by Crippen LogP contribution is 2.17. The first-order valence-corrected chi connectivity index (χ1v) is 9.25. The zero-order valence-electron chi connectivity index (χ0n) is 15.8. The molecule has 1 heterocycles. The molecule has 1 aliphatic rings. The molecule has 0 unspecified atom stereocenters. The highest BCUT2D eigenvalue weighted by molar-refractivity contribution is 5.95. The molecule has 0 bridgehead atoms. The van der Waals surface area contributed by atoms with Gasteiger partial charge in [0.05, 0.1) is 0 Å². The van der Waals surface area contributed by atoms with E-state index in [2.05, 4.69) is 19.2 Å². The second kappa shape index (κ2) is 9.36. The Morgan fingerprint density at radius 2 is 1.81 bits per heavy atom. The zero-order valence-corrected chi connectivity index (χ0v) is 15.8. The standard InChI is InChI=1S/C20H28N2O4/c1-14(2)16-8-10-17(11-9-16)21-20(25)15(3)26-19(24)13-22-12-6-4-5-7-18(22)23/h8-11,14-15H,4-7,12-13H2,1-3H3,(H,21,25)/t15-/m1/s1. The minimum Gasteiger partial charge on any atom is -0.451 e. The molecule has 0 spiro atoms. The summed E-state index contributed by atoms with van der Waals surface area (Å²) in [6, 6.07) is 7.58. The van der Waals surface area contributed by atoms with Gasteiger partial charge in [-0.2, -0.15) is 0 Å². The third-order valence-electron chi connectivity index (χ3n) is 4.51. The number of hydrogen-bond acceptors (Lipinski definition) is 4. The fourth-order valence-electron chi connectivity index (χ4n) is 2.84. The lowest BCUT2D eigenvalue weighted by Gasteiger charge is -2.20. The van der Waals surface area contributed by atoms with Crippen LogP contribution in [0, 0.1) is 0 Å². The maximum Gasteiger partial charge on any atom is 0.326 e. The largest absolute Gasteiger partial charge is 0.451 e. The van der Waals surface area contributed by atoms with Crippen LogP contribution >= 0.6 is 0 Å². The fourth-order valence-corrected chi connectivity index (χ4v) is 2.84. The first-order valence-electron chi connectivity index (χ1n) is 9.25. The number of carbonyl (C=O) groups excluding carboxylic acids is 3. The van der Waals surface area contributed by atoms with Gasteiger partial charge >= 0.3 is 5.97 Å². The van der Waals surface area contributed by atoms with Gasteiger partial charge in [-0.3, -0.25) is 14.4 Å². The predicted molar refractivity (Wildman–Crippen MR) is 99.8 cm³/mol. The molecule has 2 rings (SSSR count). The normalized spacial score (nSPS) is 16.2. The number of nitrogens with zero attached hydrogens (tertiary/aromatic N) is 1. The van der Waals surface area contributed by atoms with Crippen LogP contribution in [0.25, 0.3) is 0 Å². The van der Waals surface area contributed by atoms with Crippen molar-refractivity contribution < 1.29 is 19.1 Å². The molecule has 1 atom stereocenters. The van der Waals surface area contributed by atoms with E-state index in [1.54, 1.807) is 0 Å². The average molecular weight is 360 g/mol. The smallest absolute Gasteiger partial charge is 0.326 e. The van der Waals surface area contributed by atoms with E-state index >= 15 is 0 Å². The van der Waals surface area contributed by atoms with Crippen molar-refractivity contribution in [3.05, 3.63) is 29.8 Å². The number of rotatable bonds is 6. The van der Waals surface area contributed by atoms with Gasteiger partial charge in [-0.15, -0.1) is 0 Å². The van der Waals surface area contributed by atoms with Crippen molar-refractivity contribution in [2.45, 2.75) is 58.5 Å². The van der Waals surface area contributed by atoms with E-state index in [1.165, 1.54) is 17.4 Å². The molecule has 1 saturated heterocycles. The van der Waals surface area contributed by atoms with E-state index in [0.717, 1.165) is 19.3 Å². The Morgan fingerprint density at radius 1 is 1.12 bits per heavy atom. The van der Waals surface area contributed by atoms with E-state index in [-0.39, 0.29) is 12.5 Å². The number of carbonyl (C=O) groups is 3. The van der Waals surface area contributed by atoms with Gasteiger partial charge in [0, 0.05) is 18.7 Å². The third kappa shape index (κ3) is 5.86. The van der Waals surface area contributed by atoms with Crippen molar-refractivity contribution in [2.24, 2.45) is 0 Å². The molecule has 1 aliphatic heterocycles. The van der Waals surface area contributed by atoms with Crippen LogP contribution in [0.3, 0.4) is 0 Å². The van der Waals surface area contributed by atoms with Crippen LogP contribution in [0.4, 0.5) is 5.69 Å². The second-order valence-electron chi connectivity index (χ2n) is 7.02. The van der Waals surface area contributed by atoms with Crippen LogP contribution in [0.2, 0.25) is 0 Å². The number of nitrogens with one attached hydrogen (secondary N) is 1. The molecule has 26 heavy (non-hydrogen) atoms. The molecule has 6 heteroatoms. The SMILES string of the molecule is CC(C)c1ccc(NC(=O)[C@@H](C)OC(=O)CN2CCCCCC2=O)cc1. The summed E-state index contributed by atoms with van der Waals surface area (Å²) in [5, 5.41) is 2.74. The van der Waals surface area contributed by atoms with Gasteiger partial charge in [0.2, 0.25) is 5.91 Å². The summed E-state index contributed by atoms with van der Waals surface area (Å²) >= 11 is 0. The Balaban J connectivity index is 1.83. The van der Waals surface area contributed by atoms with Crippen molar-refractivity contribution in [3.8, 4) is 0 Å². The lowest BCUT2D eigenvalue weighted by Crippen LogP contribution is -2.38. The van der Waals surface area contributed by atoms with Crippen molar-refractivity contribution in [1.82, 2.24) is 4.90 Å². The lowest BCUT2D eigenvalue weighted by molar-refractivity contribution is -0.156. The first kappa shape index (κ1) is 19.9. The Bertz CT molecular complexity index is 640. The predicted octanol–water partition coefficient (Wildman–Crippen LogP) is 3.08. The zero-order chi connectivity index (χ0) is 19.1. The van der Waals surface area contributed by atoms with Gasteiger partial charge in [-0.1, -0.05) is 32.4 Å². The summed E-state index contributed by atoms with van der Waals surface area (Å²) in [6.45, 7) is 6.20. The summed E-state index contributed by atoms with van der Waals surface area (Å²) in [4.78, 5) is 37.7. The van der Waals surface area contributed by atoms with Crippen LogP contribution in [0.1, 0.15) is 57.9 Å². The molecule has 1 N–H and O–H groups in total. The summed E-state index contributed by atoms with van der Waals surface area (Å²) in [5.74, 6) is -0.556. The van der Waals surface area contributed by atoms with Crippen LogP contribution in [-0.4, -0.2) is 41.9 Å². The molecule has 1 aromatic carbocycles. The molecule has 1 fully saturated rings. The van der Waals surface area contributed by atoms with Gasteiger partial charge in [-0.25, -0.2) is 0 Å². The number of benzene rings is 1. The van der Waals surface area contributed by atoms with E-state index in [9.17, 15) is 14.4 Å². The Kier molecular flexibility index (Phi) is 7.18. The number of hydrogen-bond donors (Lipinski definition) is 1. The number of amides is 2. The van der Waals surface area contributed by atoms with E-state index in [1.807, 2.05) is 24.3 Å². The Hall–Kier alpha value is -2.37. The molecule has 0 saturated carbocycles. The first-order chi connectivity index (χ1) is 12.4. The van der Waals surface area contributed by atoms with Crippen molar-refractivity contribution in [1.29, 1.82) is 0 Å². The molecule has 6 nitrogen and oxygen atoms in total. The molecule has 0 radical (unpaired) electrons. The van der Waals surface area contributed by atoms with E-state index in [4.69, 9.17) is 4.74 Å². The van der Waals surface area contributed by atoms with Crippen LogP contribution in [-0.2, 0) is 19.1 Å². The van der Waals surface area contributed by atoms with Gasteiger partial charge in [-0.05, 0) is 43.4 Å². The Labute approximate surface area is 154 Å². The highest BCUT2D eigenvalue weighted by Gasteiger charge is 2.23. The van der Waals surface area contributed by atoms with Gasteiger partial charge < -0.3 is 15.0 Å². The molecule has 2 amide bonds. The molecule has 0 aliphatic carbocycles. The average Bonchev–Trinajstić information content (AvgIpc) is 2.79. The lowest BCUT2D eigenvalue weighted by atomic mass is 10.0. The number of anilines is 1. The minimum atomic E-state index is -0.922. The summed E-state index contributed by atoms with van der Waals surface area (Å²) in [5.41, 5.74) is 1.84. The van der Waals surface area contributed by atoms with Crippen molar-refractivity contribution in [2.75, 3.05) is 18.4 Å². The highest BCUT2D eigenvalue weighted by atomic mass is 16.5. The van der Waals surface area contributed by atoms with E-state index < -0.39 is 18.0 Å². The molecule has 0 aromatic heterocycles. The monoisotopic (exact) mass is 360 g/mol. The Morgan fingerprint density at radius 3 is 2.46 bits per heavy atom. The third-order valence-corrected chi connectivity index (χ3v) is 4.51. The topological polar surface area (TPSA) is 75.7 Å². The second-order valence-corrected chi connectivity index (χ2v) is 7.02. The fraction of sp³-hybridized carbons (Fsp3) is 0.550. The van der Waals surface area contributed by atoms with E-state index in [0.29, 0.717) is 24.6 Å². The van der Waals surface area contributed by atoms with Crippen molar-refractivity contribution in [3.63, 3.8) is 0 Å². The minimum absolute atomic E-state index is 0.0261. The summed E-state index contributed by atoms with van der Waals surface area (Å²) in [7, 11) is 0. The van der Waals surface area contributed by atoms with Crippen LogP contribution in [0.5, 0.6) is 0 Å². The van der Waals surface area contributed by atoms with Gasteiger partial charge in [0.15, 0.2) is 6.10 Å². The summed E-state index contributed by atoms with van der Waals surface area (Å²) < 4.78 is 5.19. The quantitative estimate of drug-likeness (QED) is 0.791. The number of likely N-dealkylation sites (tertiary alicyclic amines) is 1. The maximum atomic E-state index is 12.2. The molecular weight excluding hydrogens is 332 g/mol. The van der Waals surface area contributed by atoms with Crippen LogP contribution in [0.15, 0.2) is 24.3 Å². The molecule has 142 valence electrons. The maximum absolute atomic E-state index is 12.2. The number of esters is 1. The van der Waals surface area contributed by atoms with Gasteiger partial charge in [0.25, 0.3) is 5.91 Å². The number of ether oxygens (including phenoxy) is 1. The summed E-state index contributed by atoms with van der Waals surface area (Å²) in [6.07, 6.45) is 2.29. The van der Waals surface area contributed by atoms with Crippen molar-refractivity contribution >= 4 is 23.5 Å². The van der Waals surface area contributed by atoms with Gasteiger partial charge in [0.1, 0.15) is 6.54 Å².